The second kappa shape index (κ2) is 10.9. The van der Waals surface area contributed by atoms with E-state index in [1.54, 1.807) is 29.7 Å². The molecule has 1 N–H and O–H groups in total. The summed E-state index contributed by atoms with van der Waals surface area (Å²) in [6, 6.07) is 18.5. The van der Waals surface area contributed by atoms with E-state index in [0.717, 1.165) is 64.0 Å². The van der Waals surface area contributed by atoms with Gasteiger partial charge in [-0.1, -0.05) is 30.3 Å². The number of nitro groups is 1. The zero-order valence-corrected chi connectivity index (χ0v) is 22.9. The van der Waals surface area contributed by atoms with Gasteiger partial charge in [-0.05, 0) is 61.9 Å². The number of fused-ring (bicyclic) bond motifs is 2. The zero-order chi connectivity index (χ0) is 27.6. The van der Waals surface area contributed by atoms with Crippen molar-refractivity contribution in [1.29, 1.82) is 0 Å². The highest BCUT2D eigenvalue weighted by Crippen LogP contribution is 2.40. The Labute approximate surface area is 235 Å². The molecule has 0 radical (unpaired) electrons. The number of aliphatic imine (C=N–C) groups is 1. The first-order valence-electron chi connectivity index (χ1n) is 13.3. The summed E-state index contributed by atoms with van der Waals surface area (Å²) in [5.74, 6) is 0.583. The highest BCUT2D eigenvalue weighted by molar-refractivity contribution is 7.16. The van der Waals surface area contributed by atoms with Crippen molar-refractivity contribution in [2.24, 2.45) is 4.99 Å². The van der Waals surface area contributed by atoms with Crippen LogP contribution in [0.2, 0.25) is 0 Å². The Morgan fingerprint density at radius 3 is 2.70 bits per heavy atom. The average Bonchev–Trinajstić information content (AvgIpc) is 3.68. The van der Waals surface area contributed by atoms with E-state index in [-0.39, 0.29) is 16.5 Å². The molecule has 6 rings (SSSR count). The number of nitrogens with zero attached hydrogens (tertiary/aromatic N) is 3. The van der Waals surface area contributed by atoms with Gasteiger partial charge in [-0.15, -0.1) is 11.3 Å². The summed E-state index contributed by atoms with van der Waals surface area (Å²) in [6.07, 6.45) is 7.54. The second-order valence-corrected chi connectivity index (χ2v) is 11.0. The van der Waals surface area contributed by atoms with Crippen LogP contribution in [0.4, 0.5) is 10.7 Å². The molecule has 3 heterocycles. The highest BCUT2D eigenvalue weighted by atomic mass is 32.1. The quantitative estimate of drug-likeness (QED) is 0.126. The number of aryl methyl sites for hydroxylation is 1. The number of aromatic nitrogens is 1. The second-order valence-electron chi connectivity index (χ2n) is 9.94. The van der Waals surface area contributed by atoms with Crippen LogP contribution < -0.4 is 5.32 Å². The number of rotatable bonds is 8. The molecule has 8 nitrogen and oxygen atoms in total. The van der Waals surface area contributed by atoms with Crippen LogP contribution in [0.5, 0.6) is 0 Å². The summed E-state index contributed by atoms with van der Waals surface area (Å²) in [4.78, 5) is 30.3. The topological polar surface area (TPSA) is 103 Å². The fraction of sp³-hybridized carbons (Fsp3) is 0.226. The Kier molecular flexibility index (Phi) is 7.04. The third-order valence-corrected chi connectivity index (χ3v) is 8.66. The first kappa shape index (κ1) is 25.8. The summed E-state index contributed by atoms with van der Waals surface area (Å²) >= 11 is 1.61. The van der Waals surface area contributed by atoms with Crippen LogP contribution in [0, 0.1) is 17.0 Å². The molecule has 1 aliphatic carbocycles. The van der Waals surface area contributed by atoms with E-state index >= 15 is 0 Å². The molecule has 0 bridgehead atoms. The van der Waals surface area contributed by atoms with Crippen LogP contribution in [0.1, 0.15) is 56.2 Å². The lowest BCUT2D eigenvalue weighted by atomic mass is 9.95. The third kappa shape index (κ3) is 4.96. The van der Waals surface area contributed by atoms with Crippen molar-refractivity contribution in [1.82, 2.24) is 9.88 Å². The minimum absolute atomic E-state index is 0.0771. The smallest absolute Gasteiger partial charge is 0.269 e. The van der Waals surface area contributed by atoms with Crippen LogP contribution in [0.15, 0.2) is 76.3 Å². The molecular formula is C31H28N4O4S. The van der Waals surface area contributed by atoms with E-state index in [9.17, 15) is 14.9 Å². The standard InChI is InChI=1S/C31H28N4O4S/c1-20-26(24-8-2-4-10-27(24)34(20)19-21-12-14-22(15-13-21)35(37)38)18-33-31-29(25-9-3-5-11-28(25)40-31)30(36)32-17-23-7-6-16-39-23/h2,4,6-8,10,12-16,18H,3,5,9,11,17,19H2,1H3,(H,32,36). The molecule has 0 atom stereocenters. The molecule has 0 aliphatic heterocycles. The number of nitro benzene ring substituents is 1. The Bertz CT molecular complexity index is 1730. The largest absolute Gasteiger partial charge is 0.467 e. The van der Waals surface area contributed by atoms with Crippen molar-refractivity contribution in [2.45, 2.75) is 45.7 Å². The Balaban J connectivity index is 1.34. The van der Waals surface area contributed by atoms with Gasteiger partial charge >= 0.3 is 0 Å². The Morgan fingerprint density at radius 2 is 1.93 bits per heavy atom. The first-order chi connectivity index (χ1) is 19.5. The fourth-order valence-corrected chi connectivity index (χ4v) is 6.63. The molecule has 1 aliphatic rings. The summed E-state index contributed by atoms with van der Waals surface area (Å²) in [7, 11) is 0. The maximum absolute atomic E-state index is 13.4. The van der Waals surface area contributed by atoms with Gasteiger partial charge in [-0.2, -0.15) is 0 Å². The molecule has 40 heavy (non-hydrogen) atoms. The number of amides is 1. The monoisotopic (exact) mass is 552 g/mol. The summed E-state index contributed by atoms with van der Waals surface area (Å²) < 4.78 is 7.59. The number of non-ortho nitro benzene ring substituents is 1. The number of benzene rings is 2. The Morgan fingerprint density at radius 1 is 1.12 bits per heavy atom. The lowest BCUT2D eigenvalue weighted by molar-refractivity contribution is -0.384. The van der Waals surface area contributed by atoms with Gasteiger partial charge in [0, 0.05) is 51.9 Å². The van der Waals surface area contributed by atoms with E-state index in [1.165, 1.54) is 17.0 Å². The lowest BCUT2D eigenvalue weighted by Gasteiger charge is -2.12. The van der Waals surface area contributed by atoms with Crippen molar-refractivity contribution >= 4 is 45.0 Å². The van der Waals surface area contributed by atoms with Gasteiger partial charge in [0.15, 0.2) is 0 Å². The molecule has 2 aromatic carbocycles. The molecule has 202 valence electrons. The van der Waals surface area contributed by atoms with E-state index in [4.69, 9.17) is 9.41 Å². The molecular weight excluding hydrogens is 524 g/mol. The number of carbonyl (C=O) groups excluding carboxylic acids is 1. The van der Waals surface area contributed by atoms with E-state index in [2.05, 4.69) is 28.9 Å². The number of carbonyl (C=O) groups is 1. The molecule has 0 saturated carbocycles. The Hall–Kier alpha value is -4.50. The zero-order valence-electron chi connectivity index (χ0n) is 22.1. The number of hydrogen-bond donors (Lipinski definition) is 1. The molecule has 0 fully saturated rings. The minimum Gasteiger partial charge on any atom is -0.467 e. The van der Waals surface area contributed by atoms with Crippen LogP contribution >= 0.6 is 11.3 Å². The number of thiophene rings is 1. The predicted molar refractivity (Wildman–Crippen MR) is 157 cm³/mol. The van der Waals surface area contributed by atoms with Crippen molar-refractivity contribution in [3.63, 3.8) is 0 Å². The van der Waals surface area contributed by atoms with Crippen LogP contribution in [0.25, 0.3) is 10.9 Å². The summed E-state index contributed by atoms with van der Waals surface area (Å²) in [5, 5.41) is 15.9. The molecule has 0 unspecified atom stereocenters. The minimum atomic E-state index is -0.386. The maximum atomic E-state index is 13.4. The summed E-state index contributed by atoms with van der Waals surface area (Å²) in [6.45, 7) is 2.96. The molecule has 1 amide bonds. The number of nitrogens with one attached hydrogen (secondary N) is 1. The molecule has 9 heteroatoms. The van der Waals surface area contributed by atoms with Gasteiger partial charge in [0.1, 0.15) is 10.8 Å². The van der Waals surface area contributed by atoms with Crippen molar-refractivity contribution in [3.05, 3.63) is 116 Å². The molecule has 3 aromatic heterocycles. The van der Waals surface area contributed by atoms with Crippen LogP contribution in [-0.2, 0) is 25.9 Å². The summed E-state index contributed by atoms with van der Waals surface area (Å²) in [5.41, 5.74) is 5.93. The van der Waals surface area contributed by atoms with Gasteiger partial charge in [-0.25, -0.2) is 4.99 Å². The molecule has 0 saturated heterocycles. The van der Waals surface area contributed by atoms with Crippen molar-refractivity contribution in [3.8, 4) is 0 Å². The number of furan rings is 1. The number of hydrogen-bond acceptors (Lipinski definition) is 6. The van der Waals surface area contributed by atoms with E-state index < -0.39 is 0 Å². The van der Waals surface area contributed by atoms with E-state index in [1.807, 2.05) is 30.5 Å². The normalized spacial score (nSPS) is 13.1. The maximum Gasteiger partial charge on any atom is 0.269 e. The predicted octanol–water partition coefficient (Wildman–Crippen LogP) is 7.12. The van der Waals surface area contributed by atoms with Gasteiger partial charge in [-0.3, -0.25) is 14.9 Å². The van der Waals surface area contributed by atoms with Crippen LogP contribution in [-0.4, -0.2) is 21.6 Å². The molecule has 5 aromatic rings. The highest BCUT2D eigenvalue weighted by Gasteiger charge is 2.25. The SMILES string of the molecule is Cc1c(C=Nc2sc3c(c2C(=O)NCc2ccco2)CCCC3)c2ccccc2n1Cc1ccc([N+](=O)[O-])cc1. The van der Waals surface area contributed by atoms with Gasteiger partial charge in [0.05, 0.1) is 23.3 Å². The average molecular weight is 553 g/mol. The van der Waals surface area contributed by atoms with Gasteiger partial charge in [0.2, 0.25) is 0 Å². The van der Waals surface area contributed by atoms with Gasteiger partial charge in [0.25, 0.3) is 11.6 Å². The number of para-hydroxylation sites is 1. The fourth-order valence-electron chi connectivity index (χ4n) is 5.40. The van der Waals surface area contributed by atoms with Crippen LogP contribution in [0.3, 0.4) is 0 Å². The van der Waals surface area contributed by atoms with Crippen molar-refractivity contribution < 1.29 is 14.1 Å². The lowest BCUT2D eigenvalue weighted by Crippen LogP contribution is -2.23. The van der Waals surface area contributed by atoms with Gasteiger partial charge < -0.3 is 14.3 Å². The third-order valence-electron chi connectivity index (χ3n) is 7.46. The van der Waals surface area contributed by atoms with Crippen molar-refractivity contribution in [2.75, 3.05) is 0 Å². The molecule has 0 spiro atoms. The first-order valence-corrected chi connectivity index (χ1v) is 14.1. The van der Waals surface area contributed by atoms with E-state index in [0.29, 0.717) is 24.4 Å².